The highest BCUT2D eigenvalue weighted by Crippen LogP contribution is 2.13. The van der Waals surface area contributed by atoms with E-state index in [1.54, 1.807) is 24.3 Å². The molecule has 0 atom stereocenters. The number of benzene rings is 1. The first-order valence-electron chi connectivity index (χ1n) is 8.91. The number of rotatable bonds is 8. The molecule has 25 heavy (non-hydrogen) atoms. The first-order chi connectivity index (χ1) is 12.1. The maximum atomic E-state index is 12.5. The van der Waals surface area contributed by atoms with Crippen LogP contribution < -0.4 is 11.0 Å². The summed E-state index contributed by atoms with van der Waals surface area (Å²) in [4.78, 5) is 24.8. The van der Waals surface area contributed by atoms with Crippen molar-refractivity contribution in [3.05, 3.63) is 40.3 Å². The summed E-state index contributed by atoms with van der Waals surface area (Å²) in [6.07, 6.45) is 5.52. The Labute approximate surface area is 147 Å². The van der Waals surface area contributed by atoms with Gasteiger partial charge >= 0.3 is 0 Å². The van der Waals surface area contributed by atoms with Gasteiger partial charge in [-0.15, -0.1) is 0 Å². The average Bonchev–Trinajstić information content (AvgIpc) is 2.64. The van der Waals surface area contributed by atoms with E-state index in [-0.39, 0.29) is 11.3 Å². The van der Waals surface area contributed by atoms with E-state index in [0.717, 1.165) is 18.6 Å². The molecule has 0 radical (unpaired) electrons. The quantitative estimate of drug-likeness (QED) is 0.453. The molecule has 2 aromatic rings. The van der Waals surface area contributed by atoms with Crippen LogP contribution in [0, 0.1) is 0 Å². The summed E-state index contributed by atoms with van der Waals surface area (Å²) in [6.45, 7) is 6.31. The summed E-state index contributed by atoms with van der Waals surface area (Å²) in [5.41, 5.74) is 3.49. The van der Waals surface area contributed by atoms with Crippen LogP contribution >= 0.6 is 0 Å². The molecule has 1 N–H and O–H groups in total. The van der Waals surface area contributed by atoms with Crippen molar-refractivity contribution in [3.8, 4) is 0 Å². The lowest BCUT2D eigenvalue weighted by Gasteiger charge is -2.08. The molecule has 0 aliphatic heterocycles. The molecule has 1 heterocycles. The number of carbonyl (C=O) groups is 1. The molecule has 0 aliphatic rings. The zero-order chi connectivity index (χ0) is 18.2. The molecule has 134 valence electrons. The molecule has 0 saturated carbocycles. The van der Waals surface area contributed by atoms with E-state index in [1.165, 1.54) is 23.9 Å². The number of hydrazone groups is 1. The number of hydrogen-bond acceptors (Lipinski definition) is 4. The van der Waals surface area contributed by atoms with Crippen LogP contribution in [0.25, 0.3) is 10.8 Å². The summed E-state index contributed by atoms with van der Waals surface area (Å²) in [6, 6.07) is 7.02. The van der Waals surface area contributed by atoms with Crippen LogP contribution in [0.5, 0.6) is 0 Å². The minimum absolute atomic E-state index is 0.190. The summed E-state index contributed by atoms with van der Waals surface area (Å²) < 4.78 is 1.30. The predicted molar refractivity (Wildman–Crippen MR) is 101 cm³/mol. The van der Waals surface area contributed by atoms with Crippen molar-refractivity contribution in [3.63, 3.8) is 0 Å². The first-order valence-corrected chi connectivity index (χ1v) is 8.91. The zero-order valence-electron chi connectivity index (χ0n) is 15.2. The smallest absolute Gasteiger partial charge is 0.267 e. The van der Waals surface area contributed by atoms with Crippen LogP contribution in [-0.4, -0.2) is 21.4 Å². The molecule has 0 bridgehead atoms. The lowest BCUT2D eigenvalue weighted by atomic mass is 10.1. The highest BCUT2D eigenvalue weighted by atomic mass is 16.2. The Kier molecular flexibility index (Phi) is 6.86. The Balaban J connectivity index is 2.19. The fourth-order valence-electron chi connectivity index (χ4n) is 2.68. The van der Waals surface area contributed by atoms with Gasteiger partial charge in [0.1, 0.15) is 0 Å². The van der Waals surface area contributed by atoms with Crippen molar-refractivity contribution >= 4 is 22.4 Å². The second kappa shape index (κ2) is 9.11. The number of unbranched alkanes of at least 4 members (excludes halogenated alkanes) is 3. The minimum atomic E-state index is -0.397. The lowest BCUT2D eigenvalue weighted by Crippen LogP contribution is -2.28. The summed E-state index contributed by atoms with van der Waals surface area (Å²) in [5.74, 6) is -0.397. The van der Waals surface area contributed by atoms with Gasteiger partial charge in [-0.3, -0.25) is 9.59 Å². The third-order valence-electron chi connectivity index (χ3n) is 4.12. The molecule has 2 rings (SSSR count). The maximum absolute atomic E-state index is 12.5. The van der Waals surface area contributed by atoms with Crippen molar-refractivity contribution in [1.82, 2.24) is 15.2 Å². The third-order valence-corrected chi connectivity index (χ3v) is 4.12. The van der Waals surface area contributed by atoms with E-state index >= 15 is 0 Å². The van der Waals surface area contributed by atoms with E-state index in [9.17, 15) is 9.59 Å². The van der Waals surface area contributed by atoms with Crippen molar-refractivity contribution < 1.29 is 4.79 Å². The monoisotopic (exact) mass is 342 g/mol. The van der Waals surface area contributed by atoms with Gasteiger partial charge in [-0.25, -0.2) is 10.1 Å². The van der Waals surface area contributed by atoms with Gasteiger partial charge in [-0.05, 0) is 32.8 Å². The molecule has 6 heteroatoms. The number of carbonyl (C=O) groups excluding carboxylic acids is 1. The van der Waals surface area contributed by atoms with Crippen LogP contribution in [0.1, 0.15) is 63.4 Å². The van der Waals surface area contributed by atoms with Gasteiger partial charge in [-0.1, -0.05) is 44.4 Å². The molecule has 6 nitrogen and oxygen atoms in total. The minimum Gasteiger partial charge on any atom is -0.267 e. The molecule has 1 aromatic heterocycles. The van der Waals surface area contributed by atoms with Crippen molar-refractivity contribution in [2.45, 2.75) is 59.4 Å². The van der Waals surface area contributed by atoms with Crippen LogP contribution in [0.15, 0.2) is 34.2 Å². The van der Waals surface area contributed by atoms with E-state index in [4.69, 9.17) is 0 Å². The molecule has 0 spiro atoms. The standard InChI is InChI=1S/C19H26N4O2/c1-4-6-7-8-11-14(3)20-21-18(24)17-15-12-9-10-13-16(15)19(25)23(5-2)22-17/h9-10,12-13H,4-8,11H2,1-3H3,(H,21,24)/b20-14+. The predicted octanol–water partition coefficient (Wildman–Crippen LogP) is 3.49. The molecular weight excluding hydrogens is 316 g/mol. The van der Waals surface area contributed by atoms with Crippen LogP contribution in [-0.2, 0) is 6.54 Å². The van der Waals surface area contributed by atoms with E-state index < -0.39 is 5.91 Å². The highest BCUT2D eigenvalue weighted by Gasteiger charge is 2.15. The van der Waals surface area contributed by atoms with Crippen molar-refractivity contribution in [1.29, 1.82) is 0 Å². The van der Waals surface area contributed by atoms with Gasteiger partial charge < -0.3 is 0 Å². The fraction of sp³-hybridized carbons (Fsp3) is 0.474. The van der Waals surface area contributed by atoms with Gasteiger partial charge in [0.05, 0.1) is 5.39 Å². The first kappa shape index (κ1) is 18.8. The van der Waals surface area contributed by atoms with Gasteiger partial charge in [0.25, 0.3) is 11.5 Å². The number of aryl methyl sites for hydroxylation is 1. The second-order valence-electron chi connectivity index (χ2n) is 6.11. The van der Waals surface area contributed by atoms with Gasteiger partial charge in [0.15, 0.2) is 5.69 Å². The molecule has 0 fully saturated rings. The fourth-order valence-corrected chi connectivity index (χ4v) is 2.68. The van der Waals surface area contributed by atoms with Gasteiger partial charge in [-0.2, -0.15) is 10.2 Å². The normalized spacial score (nSPS) is 11.7. The lowest BCUT2D eigenvalue weighted by molar-refractivity contribution is 0.0949. The number of hydrogen-bond donors (Lipinski definition) is 1. The Morgan fingerprint density at radius 3 is 2.56 bits per heavy atom. The molecule has 0 saturated heterocycles. The van der Waals surface area contributed by atoms with Crippen LogP contribution in [0.3, 0.4) is 0 Å². The third kappa shape index (κ3) is 4.75. The number of amides is 1. The van der Waals surface area contributed by atoms with Crippen molar-refractivity contribution in [2.24, 2.45) is 5.10 Å². The van der Waals surface area contributed by atoms with Crippen molar-refractivity contribution in [2.75, 3.05) is 0 Å². The molecule has 1 aromatic carbocycles. The Hall–Kier alpha value is -2.50. The summed E-state index contributed by atoms with van der Waals surface area (Å²) in [7, 11) is 0. The number of nitrogens with one attached hydrogen (secondary N) is 1. The van der Waals surface area contributed by atoms with Crippen LogP contribution in [0.2, 0.25) is 0 Å². The maximum Gasteiger partial charge on any atom is 0.292 e. The number of nitrogens with zero attached hydrogens (tertiary/aromatic N) is 3. The largest absolute Gasteiger partial charge is 0.292 e. The van der Waals surface area contributed by atoms with E-state index in [1.807, 2.05) is 13.8 Å². The second-order valence-corrected chi connectivity index (χ2v) is 6.11. The van der Waals surface area contributed by atoms with E-state index in [2.05, 4.69) is 22.5 Å². The van der Waals surface area contributed by atoms with Gasteiger partial charge in [0, 0.05) is 17.6 Å². The summed E-state index contributed by atoms with van der Waals surface area (Å²) >= 11 is 0. The Morgan fingerprint density at radius 2 is 1.88 bits per heavy atom. The molecular formula is C19H26N4O2. The topological polar surface area (TPSA) is 76.3 Å². The SMILES string of the molecule is CCCCCC/C(C)=N/NC(=O)c1nn(CC)c(=O)c2ccccc12. The molecule has 1 amide bonds. The number of fused-ring (bicyclic) bond motifs is 1. The highest BCUT2D eigenvalue weighted by molar-refractivity contribution is 6.05. The Bertz CT molecular complexity index is 824. The molecule has 0 unspecified atom stereocenters. The number of aromatic nitrogens is 2. The van der Waals surface area contributed by atoms with E-state index in [0.29, 0.717) is 17.3 Å². The Morgan fingerprint density at radius 1 is 1.16 bits per heavy atom. The zero-order valence-corrected chi connectivity index (χ0v) is 15.2. The summed E-state index contributed by atoms with van der Waals surface area (Å²) in [5, 5.41) is 9.42. The average molecular weight is 342 g/mol. The van der Waals surface area contributed by atoms with Crippen LogP contribution in [0.4, 0.5) is 0 Å². The van der Waals surface area contributed by atoms with Gasteiger partial charge in [0.2, 0.25) is 0 Å². The molecule has 0 aliphatic carbocycles.